The minimum absolute atomic E-state index is 0.207. The molecule has 0 aliphatic carbocycles. The molecule has 0 radical (unpaired) electrons. The van der Waals surface area contributed by atoms with Gasteiger partial charge in [-0.3, -0.25) is 4.79 Å². The molecular weight excluding hydrogens is 284 g/mol. The van der Waals surface area contributed by atoms with Crippen LogP contribution in [-0.2, 0) is 0 Å². The second kappa shape index (κ2) is 7.87. The summed E-state index contributed by atoms with van der Waals surface area (Å²) in [6.45, 7) is 2.66. The van der Waals surface area contributed by atoms with Crippen molar-refractivity contribution >= 4 is 12.1 Å². The van der Waals surface area contributed by atoms with Gasteiger partial charge in [0.05, 0.1) is 26.2 Å². The molecule has 0 saturated carbocycles. The summed E-state index contributed by atoms with van der Waals surface area (Å²) in [4.78, 5) is 11.6. The fraction of sp³-hybridized carbons (Fsp3) is 0.250. The van der Waals surface area contributed by atoms with Gasteiger partial charge in [0.15, 0.2) is 17.3 Å². The number of hydrogen-bond acceptors (Lipinski definition) is 5. The topological polar surface area (TPSA) is 73.1 Å². The third-order valence-corrected chi connectivity index (χ3v) is 2.77. The molecule has 0 aliphatic rings. The minimum Gasteiger partial charge on any atom is -0.493 e. The van der Waals surface area contributed by atoms with Crippen molar-refractivity contribution in [3.05, 3.63) is 47.9 Å². The lowest BCUT2D eigenvalue weighted by molar-refractivity contribution is 0.0927. The highest BCUT2D eigenvalue weighted by atomic mass is 16.5. The van der Waals surface area contributed by atoms with E-state index in [2.05, 4.69) is 10.5 Å². The lowest BCUT2D eigenvalue weighted by Crippen LogP contribution is -2.16. The second-order valence-electron chi connectivity index (χ2n) is 4.44. The summed E-state index contributed by atoms with van der Waals surface area (Å²) in [7, 11) is 1.58. The van der Waals surface area contributed by atoms with E-state index in [1.807, 2.05) is 19.1 Å². The van der Waals surface area contributed by atoms with Crippen LogP contribution in [0.1, 0.15) is 29.5 Å². The first-order chi connectivity index (χ1) is 10.7. The molecule has 0 unspecified atom stereocenters. The number of carbonyl (C=O) groups is 1. The van der Waals surface area contributed by atoms with Crippen LogP contribution in [0.5, 0.6) is 11.5 Å². The van der Waals surface area contributed by atoms with E-state index in [-0.39, 0.29) is 5.76 Å². The molecule has 22 heavy (non-hydrogen) atoms. The second-order valence-corrected chi connectivity index (χ2v) is 4.44. The van der Waals surface area contributed by atoms with E-state index in [1.54, 1.807) is 25.3 Å². The monoisotopic (exact) mass is 302 g/mol. The van der Waals surface area contributed by atoms with Crippen molar-refractivity contribution < 1.29 is 18.7 Å². The highest BCUT2D eigenvalue weighted by Gasteiger charge is 2.07. The molecule has 6 nitrogen and oxygen atoms in total. The quantitative estimate of drug-likeness (QED) is 0.630. The molecule has 1 aromatic heterocycles. The summed E-state index contributed by atoms with van der Waals surface area (Å²) in [5.74, 6) is 1.10. The van der Waals surface area contributed by atoms with Crippen LogP contribution in [0.2, 0.25) is 0 Å². The predicted octanol–water partition coefficient (Wildman–Crippen LogP) is 2.84. The van der Waals surface area contributed by atoms with Crippen LogP contribution in [0.15, 0.2) is 46.1 Å². The number of nitrogens with zero attached hydrogens (tertiary/aromatic N) is 1. The number of benzene rings is 1. The van der Waals surface area contributed by atoms with Gasteiger partial charge in [-0.15, -0.1) is 0 Å². The Morgan fingerprint density at radius 1 is 1.36 bits per heavy atom. The molecule has 1 amide bonds. The van der Waals surface area contributed by atoms with Crippen LogP contribution in [-0.4, -0.2) is 25.8 Å². The lowest BCUT2D eigenvalue weighted by Gasteiger charge is -2.10. The Hall–Kier alpha value is -2.76. The number of hydrazone groups is 1. The van der Waals surface area contributed by atoms with Gasteiger partial charge in [-0.05, 0) is 42.3 Å². The zero-order valence-electron chi connectivity index (χ0n) is 12.5. The van der Waals surface area contributed by atoms with Crippen molar-refractivity contribution in [1.82, 2.24) is 5.43 Å². The highest BCUT2D eigenvalue weighted by molar-refractivity contribution is 5.92. The first-order valence-electron chi connectivity index (χ1n) is 6.92. The van der Waals surface area contributed by atoms with Crippen molar-refractivity contribution in [3.63, 3.8) is 0 Å². The first-order valence-corrected chi connectivity index (χ1v) is 6.92. The largest absolute Gasteiger partial charge is 0.493 e. The molecule has 0 spiro atoms. The maximum absolute atomic E-state index is 11.6. The molecule has 0 fully saturated rings. The summed E-state index contributed by atoms with van der Waals surface area (Å²) in [5, 5.41) is 3.88. The van der Waals surface area contributed by atoms with E-state index in [0.717, 1.165) is 12.0 Å². The molecule has 0 aliphatic heterocycles. The van der Waals surface area contributed by atoms with Crippen molar-refractivity contribution in [2.45, 2.75) is 13.3 Å². The van der Waals surface area contributed by atoms with Gasteiger partial charge in [-0.1, -0.05) is 6.92 Å². The predicted molar refractivity (Wildman–Crippen MR) is 82.5 cm³/mol. The third-order valence-electron chi connectivity index (χ3n) is 2.77. The molecule has 0 atom stereocenters. The fourth-order valence-electron chi connectivity index (χ4n) is 1.72. The Balaban J connectivity index is 2.00. The van der Waals surface area contributed by atoms with Crippen molar-refractivity contribution in [1.29, 1.82) is 0 Å². The van der Waals surface area contributed by atoms with Crippen molar-refractivity contribution in [2.24, 2.45) is 5.10 Å². The SMILES string of the molecule is CCCOc1ccc(/C=N/NC(=O)c2ccco2)cc1OC. The van der Waals surface area contributed by atoms with Crippen molar-refractivity contribution in [2.75, 3.05) is 13.7 Å². The zero-order chi connectivity index (χ0) is 15.8. The Kier molecular flexibility index (Phi) is 5.59. The molecule has 0 saturated heterocycles. The molecular formula is C16H18N2O4. The molecule has 0 bridgehead atoms. The van der Waals surface area contributed by atoms with E-state index in [0.29, 0.717) is 18.1 Å². The molecule has 6 heteroatoms. The summed E-state index contributed by atoms with van der Waals surface area (Å²) in [6, 6.07) is 8.63. The van der Waals surface area contributed by atoms with E-state index in [4.69, 9.17) is 13.9 Å². The number of hydrogen-bond donors (Lipinski definition) is 1. The van der Waals surface area contributed by atoms with Crippen LogP contribution in [0.3, 0.4) is 0 Å². The summed E-state index contributed by atoms with van der Waals surface area (Å²) < 4.78 is 15.8. The van der Waals surface area contributed by atoms with Gasteiger partial charge in [0, 0.05) is 0 Å². The van der Waals surface area contributed by atoms with Gasteiger partial charge in [0.25, 0.3) is 0 Å². The van der Waals surface area contributed by atoms with Crippen LogP contribution < -0.4 is 14.9 Å². The number of furan rings is 1. The Bertz CT molecular complexity index is 636. The van der Waals surface area contributed by atoms with E-state index < -0.39 is 5.91 Å². The average Bonchev–Trinajstić information content (AvgIpc) is 3.07. The minimum atomic E-state index is -0.406. The van der Waals surface area contributed by atoms with Gasteiger partial charge in [0.1, 0.15) is 0 Å². The molecule has 116 valence electrons. The van der Waals surface area contributed by atoms with Crippen LogP contribution in [0, 0.1) is 0 Å². The molecule has 2 rings (SSSR count). The molecule has 1 N–H and O–H groups in total. The van der Waals surface area contributed by atoms with Crippen LogP contribution in [0.25, 0.3) is 0 Å². The molecule has 2 aromatic rings. The standard InChI is InChI=1S/C16H18N2O4/c1-3-8-21-13-7-6-12(10-15(13)20-2)11-17-18-16(19)14-5-4-9-22-14/h4-7,9-11H,3,8H2,1-2H3,(H,18,19)/b17-11+. The van der Waals surface area contributed by atoms with E-state index in [9.17, 15) is 4.79 Å². The Morgan fingerprint density at radius 2 is 2.23 bits per heavy atom. The Morgan fingerprint density at radius 3 is 2.91 bits per heavy atom. The van der Waals surface area contributed by atoms with Crippen LogP contribution >= 0.6 is 0 Å². The van der Waals surface area contributed by atoms with E-state index >= 15 is 0 Å². The molecule has 1 heterocycles. The summed E-state index contributed by atoms with van der Waals surface area (Å²) in [5.41, 5.74) is 3.16. The van der Waals surface area contributed by atoms with Gasteiger partial charge < -0.3 is 13.9 Å². The number of ether oxygens (including phenoxy) is 2. The maximum atomic E-state index is 11.6. The normalized spacial score (nSPS) is 10.6. The average molecular weight is 302 g/mol. The van der Waals surface area contributed by atoms with E-state index in [1.165, 1.54) is 12.5 Å². The number of methoxy groups -OCH3 is 1. The number of rotatable bonds is 7. The van der Waals surface area contributed by atoms with Gasteiger partial charge in [0.2, 0.25) is 0 Å². The highest BCUT2D eigenvalue weighted by Crippen LogP contribution is 2.27. The van der Waals surface area contributed by atoms with Gasteiger partial charge >= 0.3 is 5.91 Å². The summed E-state index contributed by atoms with van der Waals surface area (Å²) in [6.07, 6.45) is 3.87. The first kappa shape index (κ1) is 15.6. The van der Waals surface area contributed by atoms with Crippen LogP contribution in [0.4, 0.5) is 0 Å². The number of nitrogens with one attached hydrogen (secondary N) is 1. The number of carbonyl (C=O) groups excluding carboxylic acids is 1. The zero-order valence-corrected chi connectivity index (χ0v) is 12.5. The lowest BCUT2D eigenvalue weighted by atomic mass is 10.2. The van der Waals surface area contributed by atoms with Gasteiger partial charge in [-0.2, -0.15) is 5.10 Å². The summed E-state index contributed by atoms with van der Waals surface area (Å²) >= 11 is 0. The maximum Gasteiger partial charge on any atom is 0.307 e. The van der Waals surface area contributed by atoms with Gasteiger partial charge in [-0.25, -0.2) is 5.43 Å². The molecule has 1 aromatic carbocycles. The third kappa shape index (κ3) is 4.12. The fourth-order valence-corrected chi connectivity index (χ4v) is 1.72. The Labute approximate surface area is 128 Å². The smallest absolute Gasteiger partial charge is 0.307 e. The van der Waals surface area contributed by atoms with Crippen molar-refractivity contribution in [3.8, 4) is 11.5 Å². The number of amides is 1.